The van der Waals surface area contributed by atoms with Crippen molar-refractivity contribution in [1.29, 1.82) is 0 Å². The lowest BCUT2D eigenvalue weighted by Crippen LogP contribution is -1.92. The molecule has 0 amide bonds. The predicted molar refractivity (Wildman–Crippen MR) is 101 cm³/mol. The molecule has 0 saturated heterocycles. The largest absolute Gasteiger partial charge is 0.493 e. The number of hydrogen-bond acceptors (Lipinski definition) is 4. The van der Waals surface area contributed by atoms with Crippen molar-refractivity contribution in [1.82, 2.24) is 4.98 Å². The molecule has 0 N–H and O–H groups in total. The molecular weight excluding hydrogens is 342 g/mol. The highest BCUT2D eigenvalue weighted by molar-refractivity contribution is 7.23. The summed E-state index contributed by atoms with van der Waals surface area (Å²) in [6.07, 6.45) is 1.80. The third-order valence-electron chi connectivity index (χ3n) is 4.02. The van der Waals surface area contributed by atoms with Crippen LogP contribution in [0.2, 0.25) is 5.02 Å². The van der Waals surface area contributed by atoms with E-state index >= 15 is 0 Å². The van der Waals surface area contributed by atoms with Gasteiger partial charge >= 0.3 is 0 Å². The molecule has 4 aromatic rings. The minimum Gasteiger partial charge on any atom is -0.493 e. The van der Waals surface area contributed by atoms with Crippen LogP contribution in [0.4, 0.5) is 0 Å². The van der Waals surface area contributed by atoms with Gasteiger partial charge in [-0.1, -0.05) is 29.8 Å². The first-order chi connectivity index (χ1) is 11.7. The van der Waals surface area contributed by atoms with Crippen molar-refractivity contribution in [2.24, 2.45) is 0 Å². The number of halogens is 1. The molecule has 0 aliphatic carbocycles. The van der Waals surface area contributed by atoms with Gasteiger partial charge in [-0.15, -0.1) is 11.3 Å². The van der Waals surface area contributed by atoms with Gasteiger partial charge in [-0.2, -0.15) is 0 Å². The van der Waals surface area contributed by atoms with E-state index in [2.05, 4.69) is 11.1 Å². The van der Waals surface area contributed by atoms with E-state index in [1.807, 2.05) is 36.4 Å². The van der Waals surface area contributed by atoms with Gasteiger partial charge in [0.25, 0.3) is 0 Å². The summed E-state index contributed by atoms with van der Waals surface area (Å²) in [6, 6.07) is 14.0. The molecule has 0 spiro atoms. The van der Waals surface area contributed by atoms with Crippen LogP contribution in [0.25, 0.3) is 31.4 Å². The Morgan fingerprint density at radius 3 is 2.46 bits per heavy atom. The molecule has 2 aromatic heterocycles. The predicted octanol–water partition coefficient (Wildman–Crippen LogP) is 5.79. The molecule has 4 rings (SSSR count). The number of methoxy groups -OCH3 is 2. The monoisotopic (exact) mass is 355 g/mol. The molecule has 120 valence electrons. The summed E-state index contributed by atoms with van der Waals surface area (Å²) in [4.78, 5) is 5.56. The van der Waals surface area contributed by atoms with Gasteiger partial charge in [-0.05, 0) is 29.7 Å². The Balaban J connectivity index is 2.03. The zero-order valence-corrected chi connectivity index (χ0v) is 14.7. The highest BCUT2D eigenvalue weighted by atomic mass is 35.5. The second-order valence-electron chi connectivity index (χ2n) is 5.33. The lowest BCUT2D eigenvalue weighted by Gasteiger charge is -2.11. The average Bonchev–Trinajstić information content (AvgIpc) is 2.97. The molecule has 0 aliphatic rings. The van der Waals surface area contributed by atoms with Crippen LogP contribution < -0.4 is 9.47 Å². The minimum atomic E-state index is 0.677. The van der Waals surface area contributed by atoms with E-state index in [9.17, 15) is 0 Å². The summed E-state index contributed by atoms with van der Waals surface area (Å²) in [5.41, 5.74) is 0.861. The number of aromatic nitrogens is 1. The Bertz CT molecular complexity index is 1060. The molecule has 0 unspecified atom stereocenters. The van der Waals surface area contributed by atoms with Crippen LogP contribution in [0.1, 0.15) is 0 Å². The van der Waals surface area contributed by atoms with E-state index < -0.39 is 0 Å². The first-order valence-electron chi connectivity index (χ1n) is 7.41. The summed E-state index contributed by atoms with van der Waals surface area (Å²) in [5.74, 6) is 1.38. The van der Waals surface area contributed by atoms with Crippen molar-refractivity contribution in [2.45, 2.75) is 0 Å². The molecule has 0 radical (unpaired) electrons. The topological polar surface area (TPSA) is 31.4 Å². The van der Waals surface area contributed by atoms with Gasteiger partial charge in [0, 0.05) is 21.7 Å². The molecule has 2 heterocycles. The first kappa shape index (κ1) is 15.2. The first-order valence-corrected chi connectivity index (χ1v) is 8.60. The van der Waals surface area contributed by atoms with Crippen LogP contribution in [0, 0.1) is 0 Å². The number of hydrogen-bond donors (Lipinski definition) is 0. The number of rotatable bonds is 3. The van der Waals surface area contributed by atoms with Crippen molar-refractivity contribution >= 4 is 43.8 Å². The smallest absolute Gasteiger partial charge is 0.161 e. The second-order valence-corrected chi connectivity index (χ2v) is 6.76. The molecule has 0 saturated carbocycles. The molecule has 5 heteroatoms. The Morgan fingerprint density at radius 2 is 1.71 bits per heavy atom. The van der Waals surface area contributed by atoms with Crippen molar-refractivity contribution in [3.63, 3.8) is 0 Å². The number of nitrogens with zero attached hydrogens (tertiary/aromatic N) is 1. The fourth-order valence-corrected chi connectivity index (χ4v) is 4.38. The van der Waals surface area contributed by atoms with Crippen LogP contribution in [-0.4, -0.2) is 19.2 Å². The Morgan fingerprint density at radius 1 is 0.958 bits per heavy atom. The van der Waals surface area contributed by atoms with Crippen LogP contribution in [0.15, 0.2) is 48.7 Å². The van der Waals surface area contributed by atoms with E-state index in [0.717, 1.165) is 36.5 Å². The van der Waals surface area contributed by atoms with Crippen LogP contribution in [0.5, 0.6) is 11.5 Å². The fraction of sp³-hybridized carbons (Fsp3) is 0.105. The second kappa shape index (κ2) is 5.96. The van der Waals surface area contributed by atoms with Crippen molar-refractivity contribution in [3.8, 4) is 22.1 Å². The zero-order chi connectivity index (χ0) is 16.7. The van der Waals surface area contributed by atoms with E-state index in [0.29, 0.717) is 11.5 Å². The number of fused-ring (bicyclic) bond motifs is 2. The summed E-state index contributed by atoms with van der Waals surface area (Å²) in [7, 11) is 3.26. The fourth-order valence-electron chi connectivity index (χ4n) is 2.85. The Labute approximate surface area is 148 Å². The Kier molecular flexibility index (Phi) is 3.79. The summed E-state index contributed by atoms with van der Waals surface area (Å²) in [6.45, 7) is 0. The Hall–Kier alpha value is -2.30. The maximum atomic E-state index is 6.64. The zero-order valence-electron chi connectivity index (χ0n) is 13.2. The lowest BCUT2D eigenvalue weighted by atomic mass is 10.1. The number of thiophene rings is 1. The van der Waals surface area contributed by atoms with Gasteiger partial charge in [-0.3, -0.25) is 4.98 Å². The molecule has 0 bridgehead atoms. The van der Waals surface area contributed by atoms with Crippen LogP contribution in [-0.2, 0) is 0 Å². The third kappa shape index (κ3) is 2.30. The number of ether oxygens (including phenoxy) is 2. The van der Waals surface area contributed by atoms with Crippen molar-refractivity contribution in [3.05, 3.63) is 53.7 Å². The normalized spacial score (nSPS) is 11.1. The maximum Gasteiger partial charge on any atom is 0.161 e. The molecule has 0 atom stereocenters. The molecular formula is C19H14ClNO2S. The minimum absolute atomic E-state index is 0.677. The quantitative estimate of drug-likeness (QED) is 0.466. The van der Waals surface area contributed by atoms with E-state index in [-0.39, 0.29) is 0 Å². The van der Waals surface area contributed by atoms with Crippen molar-refractivity contribution in [2.75, 3.05) is 14.2 Å². The molecule has 0 fully saturated rings. The van der Waals surface area contributed by atoms with Gasteiger partial charge in [0.15, 0.2) is 11.5 Å². The highest BCUT2D eigenvalue weighted by Crippen LogP contribution is 2.44. The number of pyridine rings is 1. The van der Waals surface area contributed by atoms with E-state index in [1.165, 1.54) is 0 Å². The lowest BCUT2D eigenvalue weighted by molar-refractivity contribution is 0.356. The van der Waals surface area contributed by atoms with Crippen LogP contribution >= 0.6 is 22.9 Å². The third-order valence-corrected chi connectivity index (χ3v) is 5.70. The van der Waals surface area contributed by atoms with E-state index in [1.54, 1.807) is 31.8 Å². The van der Waals surface area contributed by atoms with Gasteiger partial charge < -0.3 is 9.47 Å². The highest BCUT2D eigenvalue weighted by Gasteiger charge is 2.17. The molecule has 0 aliphatic heterocycles. The number of benzene rings is 2. The molecule has 3 nitrogen and oxygen atoms in total. The summed E-state index contributed by atoms with van der Waals surface area (Å²) < 4.78 is 12.0. The van der Waals surface area contributed by atoms with Crippen molar-refractivity contribution < 1.29 is 9.47 Å². The van der Waals surface area contributed by atoms with Crippen LogP contribution in [0.3, 0.4) is 0 Å². The van der Waals surface area contributed by atoms with Gasteiger partial charge in [0.1, 0.15) is 0 Å². The summed E-state index contributed by atoms with van der Waals surface area (Å²) in [5, 5.41) is 3.82. The molecule has 24 heavy (non-hydrogen) atoms. The maximum absolute atomic E-state index is 6.64. The summed E-state index contributed by atoms with van der Waals surface area (Å²) >= 11 is 8.29. The average molecular weight is 356 g/mol. The SMILES string of the molecule is COc1cc2ccnc(-c3sc4ccccc4c3Cl)c2cc1OC. The standard InChI is InChI=1S/C19H14ClNO2S/c1-22-14-9-11-7-8-21-18(13(11)10-15(14)23-2)19-17(20)12-5-3-4-6-16(12)24-19/h3-10H,1-2H3. The van der Waals surface area contributed by atoms with Gasteiger partial charge in [-0.25, -0.2) is 0 Å². The molecule has 2 aromatic carbocycles. The van der Waals surface area contributed by atoms with Gasteiger partial charge in [0.05, 0.1) is 29.8 Å². The van der Waals surface area contributed by atoms with E-state index in [4.69, 9.17) is 21.1 Å². The van der Waals surface area contributed by atoms with Gasteiger partial charge in [0.2, 0.25) is 0 Å².